The summed E-state index contributed by atoms with van der Waals surface area (Å²) in [6, 6.07) is 0. The summed E-state index contributed by atoms with van der Waals surface area (Å²) in [6.07, 6.45) is -6.33. The first-order valence-electron chi connectivity index (χ1n) is 3.09. The molecule has 1 heterocycles. The zero-order valence-electron chi connectivity index (χ0n) is 6.09. The maximum absolute atomic E-state index is 11.9. The summed E-state index contributed by atoms with van der Waals surface area (Å²) in [5.41, 5.74) is -0.345. The minimum atomic E-state index is -4.67. The molecule has 1 N–H and O–H groups in total. The van der Waals surface area contributed by atoms with Gasteiger partial charge in [0.2, 0.25) is 0 Å². The van der Waals surface area contributed by atoms with Crippen LogP contribution < -0.4 is 0 Å². The van der Waals surface area contributed by atoms with Gasteiger partial charge in [0.1, 0.15) is 5.76 Å². The molecule has 1 rings (SSSR count). The number of alkyl halides is 3. The molecule has 68 valence electrons. The molecule has 0 aliphatic rings. The minimum absolute atomic E-state index is 0.0279. The number of aromatic nitrogens is 1. The molecule has 0 aromatic carbocycles. The summed E-state index contributed by atoms with van der Waals surface area (Å²) >= 11 is 0. The van der Waals surface area contributed by atoms with Crippen LogP contribution in [0.1, 0.15) is 17.4 Å². The van der Waals surface area contributed by atoms with Crippen LogP contribution >= 0.6 is 0 Å². The van der Waals surface area contributed by atoms with Crippen molar-refractivity contribution in [2.24, 2.45) is 0 Å². The highest BCUT2D eigenvalue weighted by Crippen LogP contribution is 2.33. The van der Waals surface area contributed by atoms with E-state index in [1.807, 2.05) is 0 Å². The number of hydrogen-bond donors (Lipinski definition) is 1. The van der Waals surface area contributed by atoms with Gasteiger partial charge in [-0.1, -0.05) is 5.16 Å². The molecule has 0 aliphatic heterocycles. The summed E-state index contributed by atoms with van der Waals surface area (Å²) in [6.45, 7) is 1.30. The van der Waals surface area contributed by atoms with Gasteiger partial charge in [-0.2, -0.15) is 13.2 Å². The van der Waals surface area contributed by atoms with Crippen molar-refractivity contribution >= 4 is 0 Å². The van der Waals surface area contributed by atoms with E-state index in [1.165, 1.54) is 6.92 Å². The van der Waals surface area contributed by atoms with Gasteiger partial charge in [-0.15, -0.1) is 0 Å². The molecule has 1 aromatic rings. The molecular formula is C6H6F3NO2. The molecule has 0 fully saturated rings. The van der Waals surface area contributed by atoms with Crippen molar-refractivity contribution in [3.63, 3.8) is 0 Å². The van der Waals surface area contributed by atoms with Crippen LogP contribution in [0.4, 0.5) is 13.2 Å². The quantitative estimate of drug-likeness (QED) is 0.715. The Morgan fingerprint density at radius 3 is 2.50 bits per heavy atom. The lowest BCUT2D eigenvalue weighted by Gasteiger charge is -2.12. The standard InChI is InChI=1S/C6H6F3NO2/c1-3-4(2-10-12-3)5(11)6(7,8)9/h2,5,11H,1H3/t5-/m0/s1. The average Bonchev–Trinajstić information content (AvgIpc) is 2.31. The van der Waals surface area contributed by atoms with Gasteiger partial charge in [-0.05, 0) is 6.92 Å². The third-order valence-electron chi connectivity index (χ3n) is 1.39. The molecule has 0 radical (unpaired) electrons. The van der Waals surface area contributed by atoms with Crippen molar-refractivity contribution in [1.82, 2.24) is 5.16 Å². The molecule has 0 saturated heterocycles. The Hall–Kier alpha value is -1.04. The van der Waals surface area contributed by atoms with Crippen molar-refractivity contribution in [2.45, 2.75) is 19.2 Å². The third kappa shape index (κ3) is 1.58. The van der Waals surface area contributed by atoms with Crippen LogP contribution in [0.5, 0.6) is 0 Å². The van der Waals surface area contributed by atoms with E-state index in [0.717, 1.165) is 6.20 Å². The van der Waals surface area contributed by atoms with Gasteiger partial charge in [0.05, 0.1) is 11.8 Å². The van der Waals surface area contributed by atoms with Gasteiger partial charge < -0.3 is 9.63 Å². The molecule has 1 atom stereocenters. The molecule has 0 saturated carbocycles. The first-order valence-corrected chi connectivity index (χ1v) is 3.09. The number of aryl methyl sites for hydroxylation is 1. The van der Waals surface area contributed by atoms with Crippen LogP contribution in [0.15, 0.2) is 10.7 Å². The van der Waals surface area contributed by atoms with E-state index in [4.69, 9.17) is 5.11 Å². The normalized spacial score (nSPS) is 14.8. The lowest BCUT2D eigenvalue weighted by molar-refractivity contribution is -0.207. The first kappa shape index (κ1) is 9.05. The molecule has 6 heteroatoms. The Bertz CT molecular complexity index is 268. The number of aliphatic hydroxyl groups excluding tert-OH is 1. The number of nitrogens with zero attached hydrogens (tertiary/aromatic N) is 1. The molecule has 12 heavy (non-hydrogen) atoms. The number of halogens is 3. The fourth-order valence-electron chi connectivity index (χ4n) is 0.745. The van der Waals surface area contributed by atoms with E-state index >= 15 is 0 Å². The molecular weight excluding hydrogens is 175 g/mol. The highest BCUT2D eigenvalue weighted by molar-refractivity contribution is 5.16. The van der Waals surface area contributed by atoms with E-state index in [1.54, 1.807) is 0 Å². The van der Waals surface area contributed by atoms with Crippen molar-refractivity contribution in [2.75, 3.05) is 0 Å². The van der Waals surface area contributed by atoms with Crippen LogP contribution in [0.3, 0.4) is 0 Å². The van der Waals surface area contributed by atoms with Crippen LogP contribution in [-0.4, -0.2) is 16.4 Å². The van der Waals surface area contributed by atoms with E-state index in [0.29, 0.717) is 0 Å². The largest absolute Gasteiger partial charge is 0.418 e. The fourth-order valence-corrected chi connectivity index (χ4v) is 0.745. The second-order valence-electron chi connectivity index (χ2n) is 2.28. The van der Waals surface area contributed by atoms with Crippen LogP contribution in [0, 0.1) is 6.92 Å². The third-order valence-corrected chi connectivity index (χ3v) is 1.39. The first-order chi connectivity index (χ1) is 5.43. The number of rotatable bonds is 1. The van der Waals surface area contributed by atoms with Gasteiger partial charge in [0, 0.05) is 0 Å². The van der Waals surface area contributed by atoms with Crippen molar-refractivity contribution in [3.8, 4) is 0 Å². The highest BCUT2D eigenvalue weighted by atomic mass is 19.4. The van der Waals surface area contributed by atoms with E-state index in [-0.39, 0.29) is 11.3 Å². The molecule has 0 amide bonds. The van der Waals surface area contributed by atoms with Gasteiger partial charge in [0.25, 0.3) is 0 Å². The lowest BCUT2D eigenvalue weighted by atomic mass is 10.1. The summed E-state index contributed by atoms with van der Waals surface area (Å²) in [5.74, 6) is -0.0279. The second-order valence-corrected chi connectivity index (χ2v) is 2.28. The van der Waals surface area contributed by atoms with E-state index < -0.39 is 12.3 Å². The van der Waals surface area contributed by atoms with Gasteiger partial charge in [0.15, 0.2) is 6.10 Å². The predicted octanol–water partition coefficient (Wildman–Crippen LogP) is 1.58. The molecule has 3 nitrogen and oxygen atoms in total. The average molecular weight is 181 g/mol. The van der Waals surface area contributed by atoms with Gasteiger partial charge in [-0.3, -0.25) is 0 Å². The van der Waals surface area contributed by atoms with E-state index in [2.05, 4.69) is 9.68 Å². The summed E-state index contributed by atoms with van der Waals surface area (Å²) in [5, 5.41) is 11.8. The Morgan fingerprint density at radius 2 is 2.17 bits per heavy atom. The SMILES string of the molecule is Cc1oncc1[C@H](O)C(F)(F)F. The van der Waals surface area contributed by atoms with Crippen molar-refractivity contribution < 1.29 is 22.8 Å². The zero-order valence-corrected chi connectivity index (χ0v) is 6.09. The van der Waals surface area contributed by atoms with Gasteiger partial charge in [-0.25, -0.2) is 0 Å². The van der Waals surface area contributed by atoms with E-state index in [9.17, 15) is 13.2 Å². The molecule has 0 unspecified atom stereocenters. The summed E-state index contributed by atoms with van der Waals surface area (Å²) in [4.78, 5) is 0. The molecule has 0 bridgehead atoms. The van der Waals surface area contributed by atoms with Crippen molar-refractivity contribution in [3.05, 3.63) is 17.5 Å². The Labute approximate surface area is 65.8 Å². The van der Waals surface area contributed by atoms with Crippen molar-refractivity contribution in [1.29, 1.82) is 0 Å². The Kier molecular flexibility index (Phi) is 2.10. The minimum Gasteiger partial charge on any atom is -0.379 e. The lowest BCUT2D eigenvalue weighted by Crippen LogP contribution is -2.20. The maximum Gasteiger partial charge on any atom is 0.418 e. The smallest absolute Gasteiger partial charge is 0.379 e. The van der Waals surface area contributed by atoms with Crippen LogP contribution in [-0.2, 0) is 0 Å². The van der Waals surface area contributed by atoms with Crippen LogP contribution in [0.25, 0.3) is 0 Å². The molecule has 0 aliphatic carbocycles. The summed E-state index contributed by atoms with van der Waals surface area (Å²) < 4.78 is 40.0. The van der Waals surface area contributed by atoms with Gasteiger partial charge >= 0.3 is 6.18 Å². The highest BCUT2D eigenvalue weighted by Gasteiger charge is 2.41. The zero-order chi connectivity index (χ0) is 9.35. The molecule has 1 aromatic heterocycles. The Balaban J connectivity index is 2.92. The second kappa shape index (κ2) is 2.78. The maximum atomic E-state index is 11.9. The monoisotopic (exact) mass is 181 g/mol. The Morgan fingerprint density at radius 1 is 1.58 bits per heavy atom. The molecule has 0 spiro atoms. The summed E-state index contributed by atoms with van der Waals surface area (Å²) in [7, 11) is 0. The fraction of sp³-hybridized carbons (Fsp3) is 0.500. The number of aliphatic hydroxyl groups is 1. The predicted molar refractivity (Wildman–Crippen MR) is 32.3 cm³/mol. The number of hydrogen-bond acceptors (Lipinski definition) is 3. The topological polar surface area (TPSA) is 46.3 Å². The van der Waals surface area contributed by atoms with Crippen LogP contribution in [0.2, 0.25) is 0 Å².